The van der Waals surface area contributed by atoms with Crippen LogP contribution in [0.15, 0.2) is 85.1 Å². The fourth-order valence-corrected chi connectivity index (χ4v) is 4.88. The van der Waals surface area contributed by atoms with Crippen LogP contribution in [0, 0.1) is 18.3 Å². The van der Waals surface area contributed by atoms with Gasteiger partial charge in [0, 0.05) is 32.7 Å². The van der Waals surface area contributed by atoms with Gasteiger partial charge < -0.3 is 15.7 Å². The molecule has 0 saturated carbocycles. The molecule has 2 heterocycles. The Hall–Kier alpha value is -4.67. The van der Waals surface area contributed by atoms with Gasteiger partial charge in [0.25, 0.3) is 0 Å². The van der Waals surface area contributed by atoms with Crippen molar-refractivity contribution in [3.05, 3.63) is 113 Å². The molecule has 1 aliphatic heterocycles. The number of nitrogens with two attached hydrogens (primary N) is 1. The number of aromatic carboxylic acids is 1. The molecule has 42 heavy (non-hydrogen) atoms. The van der Waals surface area contributed by atoms with Crippen molar-refractivity contribution < 1.29 is 9.90 Å². The molecule has 0 unspecified atom stereocenters. The number of carboxylic acids is 1. The van der Waals surface area contributed by atoms with E-state index in [1.54, 1.807) is 36.5 Å². The molecule has 7 heteroatoms. The van der Waals surface area contributed by atoms with Gasteiger partial charge in [0.1, 0.15) is 5.82 Å². The average Bonchev–Trinajstić information content (AvgIpc) is 2.98. The first-order chi connectivity index (χ1) is 20.0. The number of nitrogens with zero attached hydrogens (tertiary/aromatic N) is 4. The lowest BCUT2D eigenvalue weighted by Crippen LogP contribution is -2.46. The SMILES string of the molecule is CC(C)(C)c1ccc(CN2CCN(c3ccc(N)cn3)CC2)cc1.Cc1ccc(C(=O)O)cc1-c1ccc(C#N)cc1. The highest BCUT2D eigenvalue weighted by Gasteiger charge is 2.19. The molecule has 5 rings (SSSR count). The van der Waals surface area contributed by atoms with E-state index in [0.717, 1.165) is 60.9 Å². The first kappa shape index (κ1) is 30.3. The number of anilines is 2. The minimum atomic E-state index is -0.940. The Morgan fingerprint density at radius 1 is 0.952 bits per heavy atom. The van der Waals surface area contributed by atoms with Crippen molar-refractivity contribution in [3.8, 4) is 17.2 Å². The van der Waals surface area contributed by atoms with E-state index in [9.17, 15) is 4.79 Å². The van der Waals surface area contributed by atoms with Crippen molar-refractivity contribution in [1.29, 1.82) is 5.26 Å². The Kier molecular flexibility index (Phi) is 9.61. The molecule has 1 saturated heterocycles. The van der Waals surface area contributed by atoms with Crippen LogP contribution in [-0.2, 0) is 12.0 Å². The highest BCUT2D eigenvalue weighted by Crippen LogP contribution is 2.25. The molecule has 1 fully saturated rings. The number of hydrogen-bond donors (Lipinski definition) is 2. The second-order valence-electron chi connectivity index (χ2n) is 11.7. The van der Waals surface area contributed by atoms with E-state index in [-0.39, 0.29) is 11.0 Å². The second-order valence-corrected chi connectivity index (χ2v) is 11.7. The lowest BCUT2D eigenvalue weighted by atomic mass is 9.87. The third-order valence-corrected chi connectivity index (χ3v) is 7.50. The van der Waals surface area contributed by atoms with Gasteiger partial charge >= 0.3 is 5.97 Å². The number of piperazine rings is 1. The summed E-state index contributed by atoms with van der Waals surface area (Å²) < 4.78 is 0. The number of carbonyl (C=O) groups is 1. The second kappa shape index (κ2) is 13.3. The zero-order valence-electron chi connectivity index (χ0n) is 24.8. The lowest BCUT2D eigenvalue weighted by molar-refractivity contribution is 0.0697. The maximum absolute atomic E-state index is 11.0. The molecule has 4 aromatic rings. The van der Waals surface area contributed by atoms with Crippen LogP contribution < -0.4 is 10.6 Å². The quantitative estimate of drug-likeness (QED) is 0.286. The fraction of sp³-hybridized carbons (Fsp3) is 0.286. The van der Waals surface area contributed by atoms with Gasteiger partial charge in [0.2, 0.25) is 0 Å². The van der Waals surface area contributed by atoms with Crippen LogP contribution >= 0.6 is 0 Å². The van der Waals surface area contributed by atoms with Crippen LogP contribution in [0.5, 0.6) is 0 Å². The predicted octanol–water partition coefficient (Wildman–Crippen LogP) is 6.52. The van der Waals surface area contributed by atoms with Crippen LogP contribution in [0.1, 0.15) is 53.4 Å². The average molecular weight is 562 g/mol. The summed E-state index contributed by atoms with van der Waals surface area (Å²) in [5, 5.41) is 17.7. The number of rotatable bonds is 5. The summed E-state index contributed by atoms with van der Waals surface area (Å²) in [5.74, 6) is 0.0864. The molecule has 0 atom stereocenters. The van der Waals surface area contributed by atoms with Crippen molar-refractivity contribution in [2.45, 2.75) is 39.7 Å². The Morgan fingerprint density at radius 2 is 1.62 bits per heavy atom. The van der Waals surface area contributed by atoms with Crippen LogP contribution in [0.2, 0.25) is 0 Å². The lowest BCUT2D eigenvalue weighted by Gasteiger charge is -2.35. The Labute approximate surface area is 248 Å². The summed E-state index contributed by atoms with van der Waals surface area (Å²) in [5.41, 5.74) is 13.1. The number of pyridine rings is 1. The summed E-state index contributed by atoms with van der Waals surface area (Å²) >= 11 is 0. The summed E-state index contributed by atoms with van der Waals surface area (Å²) in [4.78, 5) is 20.2. The molecular formula is C35H39N5O2. The number of carboxylic acid groups (broad SMARTS) is 1. The monoisotopic (exact) mass is 561 g/mol. The number of aryl methyl sites for hydroxylation is 1. The Balaban J connectivity index is 0.000000201. The molecule has 216 valence electrons. The number of hydrogen-bond acceptors (Lipinski definition) is 6. The molecule has 0 amide bonds. The van der Waals surface area contributed by atoms with E-state index >= 15 is 0 Å². The molecule has 0 bridgehead atoms. The molecule has 3 aromatic carbocycles. The van der Waals surface area contributed by atoms with Gasteiger partial charge in [-0.3, -0.25) is 4.90 Å². The van der Waals surface area contributed by atoms with E-state index < -0.39 is 5.97 Å². The van der Waals surface area contributed by atoms with Gasteiger partial charge in [-0.25, -0.2) is 9.78 Å². The van der Waals surface area contributed by atoms with Crippen molar-refractivity contribution in [1.82, 2.24) is 9.88 Å². The molecule has 1 aromatic heterocycles. The van der Waals surface area contributed by atoms with Gasteiger partial charge in [-0.2, -0.15) is 5.26 Å². The van der Waals surface area contributed by atoms with Crippen molar-refractivity contribution in [2.24, 2.45) is 0 Å². The van der Waals surface area contributed by atoms with E-state index in [2.05, 4.69) is 65.9 Å². The first-order valence-corrected chi connectivity index (χ1v) is 14.2. The Morgan fingerprint density at radius 3 is 2.17 bits per heavy atom. The van der Waals surface area contributed by atoms with E-state index in [4.69, 9.17) is 16.1 Å². The maximum atomic E-state index is 11.0. The molecule has 3 N–H and O–H groups in total. The Bertz CT molecular complexity index is 1530. The predicted molar refractivity (Wildman–Crippen MR) is 170 cm³/mol. The maximum Gasteiger partial charge on any atom is 0.335 e. The summed E-state index contributed by atoms with van der Waals surface area (Å²) in [7, 11) is 0. The van der Waals surface area contributed by atoms with Crippen LogP contribution in [-0.4, -0.2) is 47.1 Å². The van der Waals surface area contributed by atoms with Crippen LogP contribution in [0.4, 0.5) is 11.5 Å². The van der Waals surface area contributed by atoms with Crippen LogP contribution in [0.25, 0.3) is 11.1 Å². The number of nitrogen functional groups attached to an aromatic ring is 1. The third kappa shape index (κ3) is 7.96. The van der Waals surface area contributed by atoms with Crippen molar-refractivity contribution in [3.63, 3.8) is 0 Å². The number of aromatic nitrogens is 1. The normalized spacial score (nSPS) is 13.5. The van der Waals surface area contributed by atoms with Gasteiger partial charge in [0.15, 0.2) is 0 Å². The van der Waals surface area contributed by atoms with Gasteiger partial charge in [-0.05, 0) is 76.6 Å². The van der Waals surface area contributed by atoms with Crippen molar-refractivity contribution >= 4 is 17.5 Å². The minimum Gasteiger partial charge on any atom is -0.478 e. The fourth-order valence-electron chi connectivity index (χ4n) is 4.88. The largest absolute Gasteiger partial charge is 0.478 e. The molecule has 7 nitrogen and oxygen atoms in total. The van der Waals surface area contributed by atoms with Gasteiger partial charge in [0.05, 0.1) is 29.1 Å². The summed E-state index contributed by atoms with van der Waals surface area (Å²) in [6, 6.07) is 27.2. The van der Waals surface area contributed by atoms with Gasteiger partial charge in [-0.15, -0.1) is 0 Å². The zero-order valence-corrected chi connectivity index (χ0v) is 24.8. The van der Waals surface area contributed by atoms with Crippen LogP contribution in [0.3, 0.4) is 0 Å². The highest BCUT2D eigenvalue weighted by molar-refractivity contribution is 5.90. The smallest absolute Gasteiger partial charge is 0.335 e. The summed E-state index contributed by atoms with van der Waals surface area (Å²) in [6.45, 7) is 13.9. The number of benzene rings is 3. The third-order valence-electron chi connectivity index (χ3n) is 7.50. The minimum absolute atomic E-state index is 0.218. The molecule has 0 radical (unpaired) electrons. The molecular weight excluding hydrogens is 522 g/mol. The van der Waals surface area contributed by atoms with E-state index in [0.29, 0.717) is 5.56 Å². The first-order valence-electron chi connectivity index (χ1n) is 14.2. The molecule has 0 spiro atoms. The molecule has 1 aliphatic rings. The molecule has 0 aliphatic carbocycles. The highest BCUT2D eigenvalue weighted by atomic mass is 16.4. The van der Waals surface area contributed by atoms with E-state index in [1.165, 1.54) is 11.1 Å². The van der Waals surface area contributed by atoms with Gasteiger partial charge in [-0.1, -0.05) is 63.2 Å². The topological polar surface area (TPSA) is 106 Å². The number of nitriles is 1. The van der Waals surface area contributed by atoms with Crippen molar-refractivity contribution in [2.75, 3.05) is 36.8 Å². The van der Waals surface area contributed by atoms with E-state index in [1.807, 2.05) is 31.2 Å². The summed E-state index contributed by atoms with van der Waals surface area (Å²) in [6.07, 6.45) is 1.73. The standard InChI is InChI=1S/C20H28N4.C15H11NO2/c1-20(2,3)17-6-4-16(5-7-17)15-23-10-12-24(13-11-23)19-9-8-18(21)14-22-19;1-10-2-5-13(15(17)18)8-14(10)12-6-3-11(9-16)4-7-12/h4-9,14H,10-13,15,21H2,1-3H3;2-8H,1H3,(H,17,18). The zero-order chi connectivity index (χ0) is 30.3.